The lowest BCUT2D eigenvalue weighted by atomic mass is 10.1. The topological polar surface area (TPSA) is 88.2 Å². The van der Waals surface area contributed by atoms with Gasteiger partial charge in [-0.1, -0.05) is 34.5 Å². The maximum Gasteiger partial charge on any atom is 0.287 e. The summed E-state index contributed by atoms with van der Waals surface area (Å²) in [6.07, 6.45) is 0.403. The van der Waals surface area contributed by atoms with Crippen molar-refractivity contribution in [2.75, 3.05) is 7.05 Å². The highest BCUT2D eigenvalue weighted by Gasteiger charge is 2.19. The number of aromatic nitrogens is 1. The van der Waals surface area contributed by atoms with Crippen LogP contribution in [0.15, 0.2) is 0 Å². The molecule has 0 bridgehead atoms. The summed E-state index contributed by atoms with van der Waals surface area (Å²) in [5.74, 6) is -1.56. The number of likely N-dealkylation sites (N-methyl/N-ethyl adjacent to an activating group) is 1. The maximum atomic E-state index is 11.9. The Labute approximate surface area is 129 Å². The van der Waals surface area contributed by atoms with Gasteiger partial charge in [0, 0.05) is 19.5 Å². The maximum absolute atomic E-state index is 11.9. The second kappa shape index (κ2) is 7.56. The van der Waals surface area contributed by atoms with Crippen LogP contribution in [0.2, 0.25) is 9.62 Å². The number of hydrogen-bond donors (Lipinski definition) is 2. The van der Waals surface area contributed by atoms with E-state index < -0.39 is 17.6 Å². The molecule has 0 radical (unpaired) electrons. The molecule has 6 nitrogen and oxygen atoms in total. The molecule has 0 saturated heterocycles. The lowest BCUT2D eigenvalue weighted by Crippen LogP contribution is -2.34. The summed E-state index contributed by atoms with van der Waals surface area (Å²) in [6.45, 7) is 1.73. The largest absolute Gasteiger partial charge is 0.353 e. The number of carbonyl (C=O) groups excluding carboxylic acids is 3. The number of nitrogens with zero attached hydrogens (tertiary/aromatic N) is 1. The van der Waals surface area contributed by atoms with Gasteiger partial charge < -0.3 is 10.6 Å². The lowest BCUT2D eigenvalue weighted by Gasteiger charge is -2.12. The molecule has 2 amide bonds. The van der Waals surface area contributed by atoms with Crippen LogP contribution in [-0.2, 0) is 9.59 Å². The molecule has 0 fully saturated rings. The molecule has 1 heterocycles. The number of hydrogen-bond acceptors (Lipinski definition) is 5. The molecular weight excluding hydrogens is 325 g/mol. The third kappa shape index (κ3) is 4.73. The van der Waals surface area contributed by atoms with Gasteiger partial charge in [-0.15, -0.1) is 0 Å². The fourth-order valence-corrected chi connectivity index (χ4v) is 2.66. The van der Waals surface area contributed by atoms with Crippen LogP contribution in [0.1, 0.15) is 29.4 Å². The highest BCUT2D eigenvalue weighted by atomic mass is 35.5. The van der Waals surface area contributed by atoms with Gasteiger partial charge in [-0.05, 0) is 13.3 Å². The van der Waals surface area contributed by atoms with E-state index in [0.717, 1.165) is 11.3 Å². The zero-order valence-electron chi connectivity index (χ0n) is 10.8. The van der Waals surface area contributed by atoms with E-state index in [1.807, 2.05) is 0 Å². The van der Waals surface area contributed by atoms with Gasteiger partial charge in [0.15, 0.2) is 9.62 Å². The molecule has 110 valence electrons. The molecule has 0 saturated carbocycles. The van der Waals surface area contributed by atoms with Gasteiger partial charge in [0.2, 0.25) is 5.78 Å². The van der Waals surface area contributed by atoms with Crippen molar-refractivity contribution in [2.45, 2.75) is 25.8 Å². The van der Waals surface area contributed by atoms with Crippen LogP contribution in [0.5, 0.6) is 0 Å². The standard InChI is InChI=1S/C11H13Cl2N3O3S/c1-5(3-4-6(17)9(18)14-2)15-10(19)7-8(12)16-11(13)20-7/h5H,3-4H2,1-2H3,(H,14,18)(H,15,19). The van der Waals surface area contributed by atoms with E-state index in [1.165, 1.54) is 7.05 Å². The first-order valence-corrected chi connectivity index (χ1v) is 7.30. The number of nitrogens with one attached hydrogen (secondary N) is 2. The zero-order chi connectivity index (χ0) is 15.3. The van der Waals surface area contributed by atoms with Crippen molar-refractivity contribution >= 4 is 52.1 Å². The third-order valence-electron chi connectivity index (χ3n) is 2.43. The Hall–Kier alpha value is -1.18. The van der Waals surface area contributed by atoms with Crippen LogP contribution in [0.25, 0.3) is 0 Å². The zero-order valence-corrected chi connectivity index (χ0v) is 13.2. The molecule has 0 aliphatic heterocycles. The quantitative estimate of drug-likeness (QED) is 0.772. The van der Waals surface area contributed by atoms with E-state index in [9.17, 15) is 14.4 Å². The van der Waals surface area contributed by atoms with E-state index in [2.05, 4.69) is 15.6 Å². The van der Waals surface area contributed by atoms with Crippen LogP contribution in [-0.4, -0.2) is 35.7 Å². The predicted octanol–water partition coefficient (Wildman–Crippen LogP) is 1.66. The second-order valence-electron chi connectivity index (χ2n) is 4.00. The van der Waals surface area contributed by atoms with E-state index in [1.54, 1.807) is 6.92 Å². The van der Waals surface area contributed by atoms with Gasteiger partial charge in [-0.3, -0.25) is 14.4 Å². The predicted molar refractivity (Wildman–Crippen MR) is 77.4 cm³/mol. The van der Waals surface area contributed by atoms with Crippen LogP contribution in [0.3, 0.4) is 0 Å². The van der Waals surface area contributed by atoms with Crippen LogP contribution in [0.4, 0.5) is 0 Å². The number of ketones is 1. The SMILES string of the molecule is CNC(=O)C(=O)CCC(C)NC(=O)c1sc(Cl)nc1Cl. The van der Waals surface area contributed by atoms with E-state index in [0.29, 0.717) is 6.42 Å². The monoisotopic (exact) mass is 337 g/mol. The van der Waals surface area contributed by atoms with Crippen molar-refractivity contribution in [1.29, 1.82) is 0 Å². The average Bonchev–Trinajstić information content (AvgIpc) is 2.74. The number of thiazole rings is 1. The summed E-state index contributed by atoms with van der Waals surface area (Å²) in [7, 11) is 1.39. The first kappa shape index (κ1) is 16.9. The molecule has 1 aromatic rings. The molecule has 0 aliphatic carbocycles. The normalized spacial score (nSPS) is 11.8. The lowest BCUT2D eigenvalue weighted by molar-refractivity contribution is -0.137. The minimum Gasteiger partial charge on any atom is -0.353 e. The summed E-state index contributed by atoms with van der Waals surface area (Å²) in [4.78, 5) is 38.2. The highest BCUT2D eigenvalue weighted by molar-refractivity contribution is 7.18. The van der Waals surface area contributed by atoms with Gasteiger partial charge in [0.25, 0.3) is 11.8 Å². The molecule has 1 atom stereocenters. The van der Waals surface area contributed by atoms with Crippen molar-refractivity contribution in [3.63, 3.8) is 0 Å². The molecular formula is C11H13Cl2N3O3S. The molecule has 1 aromatic heterocycles. The van der Waals surface area contributed by atoms with Crippen LogP contribution in [0, 0.1) is 0 Å². The van der Waals surface area contributed by atoms with Crippen molar-refractivity contribution in [3.05, 3.63) is 14.5 Å². The number of carbonyl (C=O) groups is 3. The molecule has 0 aromatic carbocycles. The van der Waals surface area contributed by atoms with E-state index in [-0.39, 0.29) is 27.0 Å². The summed E-state index contributed by atoms with van der Waals surface area (Å²) >= 11 is 12.4. The number of Topliss-reactive ketones (excluding diaryl/α,β-unsaturated/α-hetero) is 1. The minimum absolute atomic E-state index is 0.0473. The summed E-state index contributed by atoms with van der Waals surface area (Å²) < 4.78 is 0.183. The van der Waals surface area contributed by atoms with Crippen molar-refractivity contribution in [3.8, 4) is 0 Å². The van der Waals surface area contributed by atoms with Gasteiger partial charge in [-0.2, -0.15) is 0 Å². The average molecular weight is 338 g/mol. The van der Waals surface area contributed by atoms with Gasteiger partial charge in [0.05, 0.1) is 0 Å². The molecule has 2 N–H and O–H groups in total. The Bertz CT molecular complexity index is 533. The first-order valence-electron chi connectivity index (χ1n) is 5.72. The van der Waals surface area contributed by atoms with Gasteiger partial charge in [0.1, 0.15) is 4.88 Å². The van der Waals surface area contributed by atoms with Crippen molar-refractivity contribution in [2.24, 2.45) is 0 Å². The first-order chi connectivity index (χ1) is 9.35. The number of amides is 2. The Balaban J connectivity index is 2.48. The van der Waals surface area contributed by atoms with Gasteiger partial charge in [-0.25, -0.2) is 4.98 Å². The third-order valence-corrected chi connectivity index (χ3v) is 3.97. The smallest absolute Gasteiger partial charge is 0.287 e. The summed E-state index contributed by atoms with van der Waals surface area (Å²) in [6, 6.07) is -0.284. The van der Waals surface area contributed by atoms with Crippen LogP contribution >= 0.6 is 34.5 Å². The van der Waals surface area contributed by atoms with E-state index in [4.69, 9.17) is 23.2 Å². The van der Waals surface area contributed by atoms with Crippen LogP contribution < -0.4 is 10.6 Å². The fraction of sp³-hybridized carbons (Fsp3) is 0.455. The van der Waals surface area contributed by atoms with Gasteiger partial charge >= 0.3 is 0 Å². The number of rotatable bonds is 6. The molecule has 0 spiro atoms. The summed E-state index contributed by atoms with van der Waals surface area (Å²) in [5.41, 5.74) is 0. The Morgan fingerprint density at radius 3 is 2.50 bits per heavy atom. The highest BCUT2D eigenvalue weighted by Crippen LogP contribution is 2.26. The Morgan fingerprint density at radius 1 is 1.35 bits per heavy atom. The van der Waals surface area contributed by atoms with Crippen molar-refractivity contribution < 1.29 is 14.4 Å². The minimum atomic E-state index is -0.638. The molecule has 1 rings (SSSR count). The second-order valence-corrected chi connectivity index (χ2v) is 5.94. The number of halogens is 2. The fourth-order valence-electron chi connectivity index (χ4n) is 1.38. The molecule has 20 heavy (non-hydrogen) atoms. The Kier molecular flexibility index (Phi) is 6.38. The molecule has 9 heteroatoms. The molecule has 0 aliphatic rings. The Morgan fingerprint density at radius 2 is 2.00 bits per heavy atom. The summed E-state index contributed by atoms with van der Waals surface area (Å²) in [5, 5.41) is 4.97. The van der Waals surface area contributed by atoms with Crippen molar-refractivity contribution in [1.82, 2.24) is 15.6 Å². The molecule has 1 unspecified atom stereocenters. The van der Waals surface area contributed by atoms with E-state index >= 15 is 0 Å².